The lowest BCUT2D eigenvalue weighted by Crippen LogP contribution is -2.13. The van der Waals surface area contributed by atoms with Crippen LogP contribution in [0.2, 0.25) is 0 Å². The van der Waals surface area contributed by atoms with Crippen molar-refractivity contribution < 1.29 is 9.59 Å². The number of aromatic nitrogens is 1. The van der Waals surface area contributed by atoms with E-state index in [1.807, 2.05) is 91.1 Å². The number of hydrogen-bond donors (Lipinski definition) is 1. The Morgan fingerprint density at radius 2 is 1.35 bits per heavy atom. The lowest BCUT2D eigenvalue weighted by atomic mass is 10.0. The summed E-state index contributed by atoms with van der Waals surface area (Å²) in [5.41, 5.74) is 12.3. The molecule has 4 nitrogen and oxygen atoms in total. The number of Topliss-reactive ketones (excluding diaryl/α,β-unsaturated/α-hetero) is 1. The normalized spacial score (nSPS) is 11.0. The monoisotopic (exact) mass is 444 g/mol. The topological polar surface area (TPSA) is 64.6 Å². The number of carbonyl (C=O) groups is 2. The molecule has 3 aromatic carbocycles. The van der Waals surface area contributed by atoms with Gasteiger partial charge in [-0.15, -0.1) is 0 Å². The first-order valence-electron chi connectivity index (χ1n) is 11.3. The van der Waals surface area contributed by atoms with Crippen molar-refractivity contribution in [1.29, 1.82) is 0 Å². The quantitative estimate of drug-likeness (QED) is 0.334. The van der Waals surface area contributed by atoms with Gasteiger partial charge in [-0.25, -0.2) is 0 Å². The van der Waals surface area contributed by atoms with Crippen molar-refractivity contribution >= 4 is 17.1 Å². The van der Waals surface area contributed by atoms with E-state index >= 15 is 0 Å². The van der Waals surface area contributed by atoms with Gasteiger partial charge in [0.25, 0.3) is 0 Å². The first kappa shape index (κ1) is 21.6. The predicted octanol–water partition coefficient (Wildman–Crippen LogP) is 5.57. The minimum atomic E-state index is -0.187. The maximum absolute atomic E-state index is 13.4. The van der Waals surface area contributed by atoms with Crippen LogP contribution in [-0.4, -0.2) is 22.5 Å². The van der Waals surface area contributed by atoms with Gasteiger partial charge >= 0.3 is 0 Å². The Morgan fingerprint density at radius 1 is 0.706 bits per heavy atom. The molecule has 0 radical (unpaired) electrons. The third-order valence-corrected chi connectivity index (χ3v) is 6.06. The minimum absolute atomic E-state index is 0.109. The highest BCUT2D eigenvalue weighted by atomic mass is 16.1. The largest absolute Gasteiger partial charge is 0.324 e. The Labute approximate surface area is 198 Å². The summed E-state index contributed by atoms with van der Waals surface area (Å²) in [6.45, 7) is -0.109. The molecule has 2 heterocycles. The summed E-state index contributed by atoms with van der Waals surface area (Å²) < 4.78 is 1.80. The number of pyridine rings is 1. The molecule has 0 atom stereocenters. The summed E-state index contributed by atoms with van der Waals surface area (Å²) in [7, 11) is 0. The van der Waals surface area contributed by atoms with Gasteiger partial charge in [-0.3, -0.25) is 9.59 Å². The van der Waals surface area contributed by atoms with E-state index in [9.17, 15) is 9.59 Å². The molecule has 0 amide bonds. The molecule has 0 spiro atoms. The standard InChI is InChI=1S/C30H24N2O2/c31-20-29(33)26-19-28(30(34)25-13-11-24(12-14-25)23-9-5-2-6-10-23)32-16-15-22(18-27(26)32)17-21-7-3-1-4-8-21/h1-16,18-19H,17,20,31H2. The van der Waals surface area contributed by atoms with Crippen LogP contribution in [0, 0.1) is 0 Å². The second-order valence-corrected chi connectivity index (χ2v) is 8.30. The summed E-state index contributed by atoms with van der Waals surface area (Å²) >= 11 is 0. The molecule has 0 bridgehead atoms. The van der Waals surface area contributed by atoms with Gasteiger partial charge in [-0.1, -0.05) is 84.9 Å². The lowest BCUT2D eigenvalue weighted by molar-refractivity contribution is 0.100. The van der Waals surface area contributed by atoms with Crippen LogP contribution < -0.4 is 5.73 Å². The highest BCUT2D eigenvalue weighted by molar-refractivity contribution is 6.12. The molecule has 5 aromatic rings. The predicted molar refractivity (Wildman–Crippen MR) is 135 cm³/mol. The number of nitrogens with two attached hydrogens (primary N) is 1. The number of fused-ring (bicyclic) bond motifs is 1. The number of ketones is 2. The Balaban J connectivity index is 1.52. The van der Waals surface area contributed by atoms with E-state index in [0.29, 0.717) is 22.3 Å². The molecule has 34 heavy (non-hydrogen) atoms. The van der Waals surface area contributed by atoms with Gasteiger partial charge in [-0.2, -0.15) is 0 Å². The number of rotatable bonds is 7. The average Bonchev–Trinajstić information content (AvgIpc) is 3.28. The van der Waals surface area contributed by atoms with Crippen LogP contribution in [-0.2, 0) is 6.42 Å². The van der Waals surface area contributed by atoms with Crippen LogP contribution in [0.25, 0.3) is 16.6 Å². The highest BCUT2D eigenvalue weighted by Crippen LogP contribution is 2.25. The van der Waals surface area contributed by atoms with E-state index in [-0.39, 0.29) is 18.1 Å². The van der Waals surface area contributed by atoms with E-state index in [2.05, 4.69) is 12.1 Å². The van der Waals surface area contributed by atoms with E-state index in [0.717, 1.165) is 23.1 Å². The molecule has 166 valence electrons. The van der Waals surface area contributed by atoms with Gasteiger partial charge in [0, 0.05) is 17.3 Å². The molecule has 2 N–H and O–H groups in total. The number of carbonyl (C=O) groups excluding carboxylic acids is 2. The molecular formula is C30H24N2O2. The summed E-state index contributed by atoms with van der Waals surface area (Å²) in [6.07, 6.45) is 2.61. The fraction of sp³-hybridized carbons (Fsp3) is 0.0667. The van der Waals surface area contributed by atoms with E-state index < -0.39 is 0 Å². The average molecular weight is 445 g/mol. The first-order valence-corrected chi connectivity index (χ1v) is 11.3. The Morgan fingerprint density at radius 3 is 2.03 bits per heavy atom. The Kier molecular flexibility index (Phi) is 5.90. The number of benzene rings is 3. The zero-order valence-electron chi connectivity index (χ0n) is 18.6. The third kappa shape index (κ3) is 4.19. The van der Waals surface area contributed by atoms with Crippen LogP contribution >= 0.6 is 0 Å². The van der Waals surface area contributed by atoms with Crippen LogP contribution in [0.15, 0.2) is 109 Å². The van der Waals surface area contributed by atoms with Gasteiger partial charge in [0.15, 0.2) is 5.78 Å². The summed E-state index contributed by atoms with van der Waals surface area (Å²) in [5.74, 6) is -0.325. The zero-order valence-corrected chi connectivity index (χ0v) is 18.6. The van der Waals surface area contributed by atoms with Crippen LogP contribution in [0.5, 0.6) is 0 Å². The Hall–Kier alpha value is -4.28. The molecular weight excluding hydrogens is 420 g/mol. The maximum atomic E-state index is 13.4. The molecule has 0 aliphatic carbocycles. The van der Waals surface area contributed by atoms with Crippen molar-refractivity contribution in [2.75, 3.05) is 6.54 Å². The van der Waals surface area contributed by atoms with Crippen molar-refractivity contribution in [3.8, 4) is 11.1 Å². The van der Waals surface area contributed by atoms with Gasteiger partial charge in [0.05, 0.1) is 17.8 Å². The fourth-order valence-corrected chi connectivity index (χ4v) is 4.28. The molecule has 0 aliphatic heterocycles. The van der Waals surface area contributed by atoms with Crippen LogP contribution in [0.3, 0.4) is 0 Å². The number of nitrogens with zero attached hydrogens (tertiary/aromatic N) is 1. The van der Waals surface area contributed by atoms with Crippen molar-refractivity contribution in [1.82, 2.24) is 4.40 Å². The van der Waals surface area contributed by atoms with Crippen molar-refractivity contribution in [3.05, 3.63) is 137 Å². The van der Waals surface area contributed by atoms with Gasteiger partial charge in [0.2, 0.25) is 5.78 Å². The van der Waals surface area contributed by atoms with Gasteiger partial charge in [-0.05, 0) is 46.9 Å². The van der Waals surface area contributed by atoms with E-state index in [1.54, 1.807) is 10.5 Å². The highest BCUT2D eigenvalue weighted by Gasteiger charge is 2.20. The Bertz CT molecular complexity index is 1470. The molecule has 0 fully saturated rings. The van der Waals surface area contributed by atoms with Crippen molar-refractivity contribution in [2.24, 2.45) is 5.73 Å². The molecule has 2 aromatic heterocycles. The summed E-state index contributed by atoms with van der Waals surface area (Å²) in [5, 5.41) is 0. The molecule has 0 unspecified atom stereocenters. The first-order chi connectivity index (χ1) is 16.6. The van der Waals surface area contributed by atoms with Crippen LogP contribution in [0.4, 0.5) is 0 Å². The van der Waals surface area contributed by atoms with Crippen LogP contribution in [0.1, 0.15) is 37.5 Å². The molecule has 5 rings (SSSR count). The molecule has 0 aliphatic rings. The van der Waals surface area contributed by atoms with Gasteiger partial charge < -0.3 is 10.1 Å². The van der Waals surface area contributed by atoms with Crippen molar-refractivity contribution in [2.45, 2.75) is 6.42 Å². The smallest absolute Gasteiger partial charge is 0.209 e. The lowest BCUT2D eigenvalue weighted by Gasteiger charge is -2.07. The number of hydrogen-bond acceptors (Lipinski definition) is 3. The minimum Gasteiger partial charge on any atom is -0.324 e. The van der Waals surface area contributed by atoms with Gasteiger partial charge in [0.1, 0.15) is 0 Å². The van der Waals surface area contributed by atoms with E-state index in [4.69, 9.17) is 5.73 Å². The molecule has 4 heteroatoms. The molecule has 0 saturated carbocycles. The fourth-order valence-electron chi connectivity index (χ4n) is 4.28. The second-order valence-electron chi connectivity index (χ2n) is 8.30. The molecule has 0 saturated heterocycles. The summed E-state index contributed by atoms with van der Waals surface area (Å²) in [4.78, 5) is 26.1. The second kappa shape index (κ2) is 9.30. The third-order valence-electron chi connectivity index (χ3n) is 6.06. The summed E-state index contributed by atoms with van der Waals surface area (Å²) in [6, 6.07) is 33.4. The van der Waals surface area contributed by atoms with E-state index in [1.165, 1.54) is 5.56 Å². The SMILES string of the molecule is NCC(=O)c1cc(C(=O)c2ccc(-c3ccccc3)cc2)n2ccc(Cc3ccccc3)cc12. The zero-order chi connectivity index (χ0) is 23.5. The van der Waals surface area contributed by atoms with Crippen molar-refractivity contribution in [3.63, 3.8) is 0 Å². The maximum Gasteiger partial charge on any atom is 0.209 e.